The zero-order valence-corrected chi connectivity index (χ0v) is 11.1. The van der Waals surface area contributed by atoms with Gasteiger partial charge in [-0.3, -0.25) is 9.79 Å². The van der Waals surface area contributed by atoms with E-state index in [0.717, 1.165) is 18.3 Å². The highest BCUT2D eigenvalue weighted by molar-refractivity contribution is 5.92. The van der Waals surface area contributed by atoms with Crippen LogP contribution in [0.2, 0.25) is 0 Å². The van der Waals surface area contributed by atoms with Crippen LogP contribution >= 0.6 is 0 Å². The third kappa shape index (κ3) is 4.12. The third-order valence-electron chi connectivity index (χ3n) is 2.56. The van der Waals surface area contributed by atoms with Crippen molar-refractivity contribution in [2.45, 2.75) is 19.9 Å². The van der Waals surface area contributed by atoms with E-state index in [-0.39, 0.29) is 6.61 Å². The van der Waals surface area contributed by atoms with Gasteiger partial charge in [0.2, 0.25) is 0 Å². The summed E-state index contributed by atoms with van der Waals surface area (Å²) in [5.41, 5.74) is 0.445. The van der Waals surface area contributed by atoms with E-state index >= 15 is 0 Å². The minimum Gasteiger partial charge on any atom is -0.465 e. The average molecular weight is 280 g/mol. The van der Waals surface area contributed by atoms with Gasteiger partial charge in [0.05, 0.1) is 18.7 Å². The number of esters is 1. The molecule has 0 fully saturated rings. The van der Waals surface area contributed by atoms with Crippen LogP contribution < -0.4 is 0 Å². The second kappa shape index (κ2) is 7.34. The molecule has 4 nitrogen and oxygen atoms in total. The Balaban J connectivity index is 2.80. The van der Waals surface area contributed by atoms with Crippen molar-refractivity contribution in [3.05, 3.63) is 35.4 Å². The largest absolute Gasteiger partial charge is 0.465 e. The maximum Gasteiger partial charge on any atom is 0.328 e. The molecule has 1 aromatic rings. The van der Waals surface area contributed by atoms with Gasteiger partial charge in [0.1, 0.15) is 0 Å². The molecule has 0 heterocycles. The molecule has 0 aliphatic heterocycles. The number of benzene rings is 1. The summed E-state index contributed by atoms with van der Waals surface area (Å²) in [6, 6.07) is 4.68. The summed E-state index contributed by atoms with van der Waals surface area (Å²) in [6.07, 6.45) is 1.16. The third-order valence-corrected chi connectivity index (χ3v) is 2.56. The van der Waals surface area contributed by atoms with Crippen LogP contribution in [0.4, 0.5) is 8.78 Å². The van der Waals surface area contributed by atoms with Gasteiger partial charge in [-0.2, -0.15) is 5.26 Å². The van der Waals surface area contributed by atoms with E-state index in [2.05, 4.69) is 4.99 Å². The fraction of sp³-hybridized carbons (Fsp3) is 0.357. The first-order valence-electron chi connectivity index (χ1n) is 6.04. The van der Waals surface area contributed by atoms with Crippen molar-refractivity contribution < 1.29 is 18.3 Å². The predicted octanol–water partition coefficient (Wildman–Crippen LogP) is 2.80. The summed E-state index contributed by atoms with van der Waals surface area (Å²) in [5, 5.41) is 8.84. The average Bonchev–Trinajstić information content (AvgIpc) is 2.42. The predicted molar refractivity (Wildman–Crippen MR) is 69.0 cm³/mol. The number of nitriles is 1. The van der Waals surface area contributed by atoms with Gasteiger partial charge in [0.15, 0.2) is 17.6 Å². The van der Waals surface area contributed by atoms with Crippen LogP contribution in [0, 0.1) is 28.9 Å². The Kier molecular flexibility index (Phi) is 5.78. The first kappa shape index (κ1) is 15.8. The molecule has 1 rings (SSSR count). The smallest absolute Gasteiger partial charge is 0.328 e. The quantitative estimate of drug-likeness (QED) is 0.615. The van der Waals surface area contributed by atoms with Crippen molar-refractivity contribution in [1.29, 1.82) is 5.26 Å². The first-order chi connectivity index (χ1) is 9.49. The molecule has 0 amide bonds. The molecule has 0 saturated carbocycles. The molecule has 0 saturated heterocycles. The molecule has 2 atom stereocenters. The maximum absolute atomic E-state index is 13.1. The molecule has 0 unspecified atom stereocenters. The van der Waals surface area contributed by atoms with Crippen molar-refractivity contribution in [2.75, 3.05) is 6.61 Å². The van der Waals surface area contributed by atoms with E-state index in [1.54, 1.807) is 19.9 Å². The molecular weight excluding hydrogens is 266 g/mol. The van der Waals surface area contributed by atoms with Crippen LogP contribution in [0.25, 0.3) is 0 Å². The second-order valence-electron chi connectivity index (χ2n) is 4.01. The van der Waals surface area contributed by atoms with E-state index in [1.807, 2.05) is 0 Å². The van der Waals surface area contributed by atoms with E-state index in [0.29, 0.717) is 5.56 Å². The lowest BCUT2D eigenvalue weighted by Gasteiger charge is -2.08. The lowest BCUT2D eigenvalue weighted by Crippen LogP contribution is -2.17. The van der Waals surface area contributed by atoms with Gasteiger partial charge < -0.3 is 4.74 Å². The number of aliphatic imine (C=N–C) groups is 1. The number of hydrogen-bond acceptors (Lipinski definition) is 4. The summed E-state index contributed by atoms with van der Waals surface area (Å²) in [7, 11) is 0. The van der Waals surface area contributed by atoms with Crippen LogP contribution in [-0.4, -0.2) is 18.8 Å². The van der Waals surface area contributed by atoms with Crippen LogP contribution in [0.15, 0.2) is 23.2 Å². The van der Waals surface area contributed by atoms with Gasteiger partial charge in [-0.1, -0.05) is 6.07 Å². The Morgan fingerprint density at radius 2 is 2.20 bits per heavy atom. The van der Waals surface area contributed by atoms with Crippen LogP contribution in [0.1, 0.15) is 25.5 Å². The number of carbonyl (C=O) groups is 1. The number of nitrogens with zero attached hydrogens (tertiary/aromatic N) is 2. The Bertz CT molecular complexity index is 553. The highest BCUT2D eigenvalue weighted by Gasteiger charge is 2.17. The monoisotopic (exact) mass is 280 g/mol. The fourth-order valence-electron chi connectivity index (χ4n) is 1.45. The molecule has 106 valence electrons. The molecule has 0 spiro atoms. The Labute approximate surface area is 115 Å². The summed E-state index contributed by atoms with van der Waals surface area (Å²) < 4.78 is 30.6. The van der Waals surface area contributed by atoms with Gasteiger partial charge in [-0.15, -0.1) is 0 Å². The zero-order chi connectivity index (χ0) is 15.1. The number of carbonyl (C=O) groups excluding carboxylic acids is 1. The lowest BCUT2D eigenvalue weighted by molar-refractivity contribution is -0.143. The van der Waals surface area contributed by atoms with Crippen LogP contribution in [-0.2, 0) is 9.53 Å². The van der Waals surface area contributed by atoms with Crippen LogP contribution in [0.3, 0.4) is 0 Å². The summed E-state index contributed by atoms with van der Waals surface area (Å²) in [6.45, 7) is 3.44. The molecule has 0 radical (unpaired) electrons. The van der Waals surface area contributed by atoms with Gasteiger partial charge >= 0.3 is 5.97 Å². The summed E-state index contributed by atoms with van der Waals surface area (Å²) in [5.74, 6) is -3.70. The maximum atomic E-state index is 13.1. The van der Waals surface area contributed by atoms with Crippen molar-refractivity contribution >= 4 is 12.2 Å². The number of hydrogen-bond donors (Lipinski definition) is 0. The highest BCUT2D eigenvalue weighted by Crippen LogP contribution is 2.19. The van der Waals surface area contributed by atoms with Gasteiger partial charge in [-0.05, 0) is 31.5 Å². The van der Waals surface area contributed by atoms with Crippen molar-refractivity contribution in [1.82, 2.24) is 0 Å². The standard InChI is InChI=1S/C14H14F2N2O2/c1-3-20-14(19)11(7-17)8-18-9(2)10-4-5-12(15)13(16)6-10/h4-6,8-9,11H,3H2,1-2H3/t9-,11-/m0/s1. The van der Waals surface area contributed by atoms with E-state index in [4.69, 9.17) is 10.00 Å². The van der Waals surface area contributed by atoms with Gasteiger partial charge in [0.25, 0.3) is 0 Å². The van der Waals surface area contributed by atoms with E-state index < -0.39 is 29.6 Å². The lowest BCUT2D eigenvalue weighted by atomic mass is 10.1. The normalized spacial score (nSPS) is 13.8. The van der Waals surface area contributed by atoms with Crippen molar-refractivity contribution in [3.8, 4) is 6.07 Å². The topological polar surface area (TPSA) is 62.5 Å². The van der Waals surface area contributed by atoms with E-state index in [9.17, 15) is 13.6 Å². The SMILES string of the molecule is CCOC(=O)[C@@H](C#N)C=N[C@@H](C)c1ccc(F)c(F)c1. The molecule has 0 N–H and O–H groups in total. The molecule has 6 heteroatoms. The highest BCUT2D eigenvalue weighted by atomic mass is 19.2. The number of ether oxygens (including phenoxy) is 1. The number of halogens is 2. The molecule has 0 aliphatic rings. The molecule has 1 aromatic carbocycles. The van der Waals surface area contributed by atoms with Crippen LogP contribution in [0.5, 0.6) is 0 Å². The molecular formula is C14H14F2N2O2. The fourth-order valence-corrected chi connectivity index (χ4v) is 1.45. The van der Waals surface area contributed by atoms with E-state index in [1.165, 1.54) is 6.07 Å². The summed E-state index contributed by atoms with van der Waals surface area (Å²) >= 11 is 0. The molecule has 0 aromatic heterocycles. The minimum absolute atomic E-state index is 0.170. The molecule has 0 bridgehead atoms. The molecule has 20 heavy (non-hydrogen) atoms. The zero-order valence-electron chi connectivity index (χ0n) is 11.1. The second-order valence-corrected chi connectivity index (χ2v) is 4.01. The van der Waals surface area contributed by atoms with Gasteiger partial charge in [0, 0.05) is 6.21 Å². The molecule has 0 aliphatic carbocycles. The Morgan fingerprint density at radius 1 is 1.50 bits per heavy atom. The Morgan fingerprint density at radius 3 is 2.75 bits per heavy atom. The van der Waals surface area contributed by atoms with Gasteiger partial charge in [-0.25, -0.2) is 8.78 Å². The summed E-state index contributed by atoms with van der Waals surface area (Å²) in [4.78, 5) is 15.4. The minimum atomic E-state index is -1.11. The number of rotatable bonds is 5. The van der Waals surface area contributed by atoms with Crippen molar-refractivity contribution in [3.63, 3.8) is 0 Å². The Hall–Kier alpha value is -2.29. The van der Waals surface area contributed by atoms with Crippen molar-refractivity contribution in [2.24, 2.45) is 10.9 Å². The first-order valence-corrected chi connectivity index (χ1v) is 6.04.